The van der Waals surface area contributed by atoms with Gasteiger partial charge < -0.3 is 4.74 Å². The Balaban J connectivity index is 1.91. The molecule has 6 heteroatoms. The first kappa shape index (κ1) is 20.7. The molecule has 0 aromatic heterocycles. The van der Waals surface area contributed by atoms with E-state index in [0.29, 0.717) is 22.6 Å². The summed E-state index contributed by atoms with van der Waals surface area (Å²) in [4.78, 5) is 13.8. The van der Waals surface area contributed by atoms with Crippen LogP contribution in [-0.4, -0.2) is 21.4 Å². The molecule has 1 aliphatic rings. The van der Waals surface area contributed by atoms with Crippen LogP contribution in [0.25, 0.3) is 0 Å². The van der Waals surface area contributed by atoms with Gasteiger partial charge in [0.25, 0.3) is 10.0 Å². The van der Waals surface area contributed by atoms with Crippen molar-refractivity contribution < 1.29 is 17.9 Å². The molecule has 0 unspecified atom stereocenters. The number of fused-ring (bicyclic) bond motifs is 1. The van der Waals surface area contributed by atoms with Crippen molar-refractivity contribution in [3.63, 3.8) is 0 Å². The Labute approximate surface area is 182 Å². The summed E-state index contributed by atoms with van der Waals surface area (Å²) in [6.07, 6.45) is 5.85. The van der Waals surface area contributed by atoms with Crippen molar-refractivity contribution in [3.8, 4) is 18.1 Å². The Kier molecular flexibility index (Phi) is 5.30. The second-order valence-corrected chi connectivity index (χ2v) is 9.16. The van der Waals surface area contributed by atoms with Gasteiger partial charge in [0.1, 0.15) is 5.75 Å². The third-order valence-electron chi connectivity index (χ3n) is 5.50. The van der Waals surface area contributed by atoms with Crippen LogP contribution in [0.15, 0.2) is 77.7 Å². The molecule has 0 radical (unpaired) electrons. The number of methoxy groups -OCH3 is 1. The van der Waals surface area contributed by atoms with Crippen LogP contribution < -0.4 is 9.04 Å². The highest BCUT2D eigenvalue weighted by molar-refractivity contribution is 7.93. The summed E-state index contributed by atoms with van der Waals surface area (Å²) < 4.78 is 33.3. The van der Waals surface area contributed by atoms with Gasteiger partial charge in [-0.1, -0.05) is 53.9 Å². The maximum atomic E-state index is 13.7. The van der Waals surface area contributed by atoms with Gasteiger partial charge in [-0.3, -0.25) is 4.79 Å². The van der Waals surface area contributed by atoms with Crippen molar-refractivity contribution in [3.05, 3.63) is 89.5 Å². The van der Waals surface area contributed by atoms with Crippen LogP contribution in [0.1, 0.15) is 28.5 Å². The number of nitrogens with zero attached hydrogens (tertiary/aromatic N) is 1. The summed E-state index contributed by atoms with van der Waals surface area (Å²) in [5, 5.41) is 0. The molecule has 1 amide bonds. The summed E-state index contributed by atoms with van der Waals surface area (Å²) in [7, 11) is -2.58. The first-order valence-corrected chi connectivity index (χ1v) is 11.2. The van der Waals surface area contributed by atoms with E-state index in [1.807, 2.05) is 6.92 Å². The number of aryl methyl sites for hydroxylation is 1. The average molecular weight is 432 g/mol. The molecule has 0 saturated carbocycles. The van der Waals surface area contributed by atoms with Crippen LogP contribution in [0, 0.1) is 19.3 Å². The van der Waals surface area contributed by atoms with Crippen LogP contribution in [0.3, 0.4) is 0 Å². The number of hydrogen-bond donors (Lipinski definition) is 0. The predicted molar refractivity (Wildman–Crippen MR) is 120 cm³/mol. The standard InChI is InChI=1S/C25H21NO4S/c1-4-21-22-7-5-6-8-23(22)26(31(28,29)20-15-9-17(2)10-16-20)25(27)24(21)18-11-13-19(30-3)14-12-18/h1,5-16,21,24H,2-3H3/t21-,24+/m1/s1. The fourth-order valence-corrected chi connectivity index (χ4v) is 5.37. The number of anilines is 1. The zero-order chi connectivity index (χ0) is 22.2. The Morgan fingerprint density at radius 1 is 0.968 bits per heavy atom. The van der Waals surface area contributed by atoms with Gasteiger partial charge in [-0.05, 0) is 48.4 Å². The zero-order valence-corrected chi connectivity index (χ0v) is 18.0. The Hall–Kier alpha value is -3.56. The van der Waals surface area contributed by atoms with Crippen LogP contribution in [0.2, 0.25) is 0 Å². The summed E-state index contributed by atoms with van der Waals surface area (Å²) in [5.41, 5.74) is 2.47. The number of hydrogen-bond acceptors (Lipinski definition) is 4. The number of ether oxygens (including phenoxy) is 1. The number of rotatable bonds is 4. The fourth-order valence-electron chi connectivity index (χ4n) is 3.90. The normalized spacial score (nSPS) is 18.2. The van der Waals surface area contributed by atoms with Crippen molar-refractivity contribution in [2.24, 2.45) is 0 Å². The van der Waals surface area contributed by atoms with E-state index in [4.69, 9.17) is 11.2 Å². The van der Waals surface area contributed by atoms with Gasteiger partial charge in [0.05, 0.1) is 29.5 Å². The van der Waals surface area contributed by atoms with Crippen molar-refractivity contribution >= 4 is 21.6 Å². The number of amides is 1. The fraction of sp³-hybridized carbons (Fsp3) is 0.160. The minimum Gasteiger partial charge on any atom is -0.497 e. The van der Waals surface area contributed by atoms with E-state index in [1.165, 1.54) is 12.1 Å². The van der Waals surface area contributed by atoms with Crippen molar-refractivity contribution in [1.82, 2.24) is 0 Å². The third kappa shape index (κ3) is 3.47. The summed E-state index contributed by atoms with van der Waals surface area (Å²) >= 11 is 0. The number of sulfonamides is 1. The Morgan fingerprint density at radius 3 is 2.23 bits per heavy atom. The van der Waals surface area contributed by atoms with Gasteiger partial charge in [-0.15, -0.1) is 6.42 Å². The van der Waals surface area contributed by atoms with E-state index in [-0.39, 0.29) is 4.90 Å². The SMILES string of the molecule is C#C[C@@H]1c2ccccc2N(S(=O)(=O)c2ccc(C)cc2)C(=O)[C@H]1c1ccc(OC)cc1. The smallest absolute Gasteiger partial charge is 0.270 e. The highest BCUT2D eigenvalue weighted by Crippen LogP contribution is 2.46. The number of para-hydroxylation sites is 1. The summed E-state index contributed by atoms with van der Waals surface area (Å²) in [5.74, 6) is 1.33. The quantitative estimate of drug-likeness (QED) is 0.580. The van der Waals surface area contributed by atoms with Gasteiger partial charge in [0.2, 0.25) is 5.91 Å². The first-order chi connectivity index (χ1) is 14.9. The molecular formula is C25H21NO4S. The van der Waals surface area contributed by atoms with E-state index in [9.17, 15) is 13.2 Å². The van der Waals surface area contributed by atoms with Crippen molar-refractivity contribution in [2.75, 3.05) is 11.4 Å². The van der Waals surface area contributed by atoms with Crippen LogP contribution in [0.5, 0.6) is 5.75 Å². The second kappa shape index (κ2) is 7.93. The van der Waals surface area contributed by atoms with Gasteiger partial charge in [0, 0.05) is 0 Å². The molecule has 156 valence electrons. The molecule has 3 aromatic rings. The molecule has 1 aliphatic heterocycles. The van der Waals surface area contributed by atoms with Crippen molar-refractivity contribution in [2.45, 2.75) is 23.7 Å². The number of benzene rings is 3. The van der Waals surface area contributed by atoms with E-state index >= 15 is 0 Å². The molecule has 0 saturated heterocycles. The molecule has 31 heavy (non-hydrogen) atoms. The predicted octanol–water partition coefficient (Wildman–Crippen LogP) is 4.24. The lowest BCUT2D eigenvalue weighted by molar-refractivity contribution is -0.119. The minimum absolute atomic E-state index is 0.0499. The molecule has 4 rings (SSSR count). The molecule has 5 nitrogen and oxygen atoms in total. The molecular weight excluding hydrogens is 410 g/mol. The molecule has 0 fully saturated rings. The van der Waals surface area contributed by atoms with E-state index < -0.39 is 27.8 Å². The lowest BCUT2D eigenvalue weighted by Gasteiger charge is -2.37. The summed E-state index contributed by atoms with van der Waals surface area (Å²) in [6, 6.07) is 20.3. The monoisotopic (exact) mass is 431 g/mol. The maximum absolute atomic E-state index is 13.7. The third-order valence-corrected chi connectivity index (χ3v) is 7.23. The van der Waals surface area contributed by atoms with Gasteiger partial charge in [0.15, 0.2) is 0 Å². The van der Waals surface area contributed by atoms with Crippen LogP contribution >= 0.6 is 0 Å². The topological polar surface area (TPSA) is 63.7 Å². The van der Waals surface area contributed by atoms with Crippen molar-refractivity contribution in [1.29, 1.82) is 0 Å². The summed E-state index contributed by atoms with van der Waals surface area (Å²) in [6.45, 7) is 1.87. The lowest BCUT2D eigenvalue weighted by Crippen LogP contribution is -2.45. The maximum Gasteiger partial charge on any atom is 0.270 e. The highest BCUT2D eigenvalue weighted by Gasteiger charge is 2.45. The second-order valence-electron chi connectivity index (χ2n) is 7.37. The molecule has 1 heterocycles. The number of carbonyl (C=O) groups excluding carboxylic acids is 1. The van der Waals surface area contributed by atoms with Gasteiger partial charge in [-0.2, -0.15) is 0 Å². The van der Waals surface area contributed by atoms with E-state index in [1.54, 1.807) is 67.8 Å². The van der Waals surface area contributed by atoms with Gasteiger partial charge in [-0.25, -0.2) is 12.7 Å². The Morgan fingerprint density at radius 2 is 1.61 bits per heavy atom. The van der Waals surface area contributed by atoms with Crippen LogP contribution in [-0.2, 0) is 14.8 Å². The molecule has 0 N–H and O–H groups in total. The molecule has 0 bridgehead atoms. The average Bonchev–Trinajstić information content (AvgIpc) is 2.78. The molecule has 2 atom stereocenters. The minimum atomic E-state index is -4.14. The highest BCUT2D eigenvalue weighted by atomic mass is 32.2. The zero-order valence-electron chi connectivity index (χ0n) is 17.1. The first-order valence-electron chi connectivity index (χ1n) is 9.73. The molecule has 0 spiro atoms. The van der Waals surface area contributed by atoms with E-state index in [2.05, 4.69) is 5.92 Å². The van der Waals surface area contributed by atoms with Crippen LogP contribution in [0.4, 0.5) is 5.69 Å². The lowest BCUT2D eigenvalue weighted by atomic mass is 9.78. The number of terminal acetylenes is 1. The largest absolute Gasteiger partial charge is 0.497 e. The number of carbonyl (C=O) groups is 1. The Bertz CT molecular complexity index is 1270. The molecule has 0 aliphatic carbocycles. The van der Waals surface area contributed by atoms with Gasteiger partial charge >= 0.3 is 0 Å². The molecule has 3 aromatic carbocycles. The van der Waals surface area contributed by atoms with E-state index in [0.717, 1.165) is 9.87 Å².